The minimum atomic E-state index is -0.0394. The summed E-state index contributed by atoms with van der Waals surface area (Å²) < 4.78 is 10.5. The molecule has 1 saturated heterocycles. The molecule has 2 aromatic rings. The summed E-state index contributed by atoms with van der Waals surface area (Å²) in [5.74, 6) is 1.24. The van der Waals surface area contributed by atoms with E-state index in [1.54, 1.807) is 32.4 Å². The number of aryl methyl sites for hydroxylation is 1. The number of anilines is 2. The van der Waals surface area contributed by atoms with Crippen molar-refractivity contribution in [1.29, 1.82) is 0 Å². The average molecular weight is 369 g/mol. The SMILES string of the molecule is COc1ccc(NC(=O)CN2CCN(c3cccc(C)c3)CC2)c(OC)c1. The smallest absolute Gasteiger partial charge is 0.238 e. The standard InChI is InChI=1S/C21H27N3O3/c1-16-5-4-6-17(13-16)24-11-9-23(10-12-24)15-21(25)22-19-8-7-18(26-2)14-20(19)27-3/h4-8,13-14H,9-12,15H2,1-3H3,(H,22,25). The Labute approximate surface area is 160 Å². The van der Waals surface area contributed by atoms with Crippen molar-refractivity contribution in [3.63, 3.8) is 0 Å². The molecule has 1 aliphatic rings. The van der Waals surface area contributed by atoms with Crippen LogP contribution < -0.4 is 19.7 Å². The van der Waals surface area contributed by atoms with Gasteiger partial charge in [0.2, 0.25) is 5.91 Å². The van der Waals surface area contributed by atoms with Crippen LogP contribution in [0.5, 0.6) is 11.5 Å². The molecule has 0 atom stereocenters. The molecule has 0 radical (unpaired) electrons. The summed E-state index contributed by atoms with van der Waals surface area (Å²) in [4.78, 5) is 17.0. The van der Waals surface area contributed by atoms with E-state index < -0.39 is 0 Å². The van der Waals surface area contributed by atoms with Crippen LogP contribution in [0.25, 0.3) is 0 Å². The molecule has 3 rings (SSSR count). The lowest BCUT2D eigenvalue weighted by Gasteiger charge is -2.35. The molecule has 1 fully saturated rings. The number of hydrogen-bond donors (Lipinski definition) is 1. The summed E-state index contributed by atoms with van der Waals surface area (Å²) in [7, 11) is 3.18. The van der Waals surface area contributed by atoms with E-state index in [4.69, 9.17) is 9.47 Å². The molecule has 0 aliphatic carbocycles. The molecule has 1 amide bonds. The van der Waals surface area contributed by atoms with Gasteiger partial charge in [0.1, 0.15) is 11.5 Å². The van der Waals surface area contributed by atoms with Gasteiger partial charge in [0.05, 0.1) is 26.5 Å². The van der Waals surface area contributed by atoms with Crippen molar-refractivity contribution in [2.24, 2.45) is 0 Å². The molecule has 0 aromatic heterocycles. The number of rotatable bonds is 6. The summed E-state index contributed by atoms with van der Waals surface area (Å²) in [5.41, 5.74) is 3.17. The lowest BCUT2D eigenvalue weighted by atomic mass is 10.2. The summed E-state index contributed by atoms with van der Waals surface area (Å²) in [5, 5.41) is 2.94. The summed E-state index contributed by atoms with van der Waals surface area (Å²) in [6.45, 7) is 6.04. The van der Waals surface area contributed by atoms with Crippen molar-refractivity contribution >= 4 is 17.3 Å². The van der Waals surface area contributed by atoms with E-state index in [0.717, 1.165) is 26.2 Å². The van der Waals surface area contributed by atoms with Gasteiger partial charge in [-0.2, -0.15) is 0 Å². The van der Waals surface area contributed by atoms with Crippen LogP contribution in [0.1, 0.15) is 5.56 Å². The fourth-order valence-electron chi connectivity index (χ4n) is 3.28. The number of ether oxygens (including phenoxy) is 2. The van der Waals surface area contributed by atoms with Crippen molar-refractivity contribution in [2.75, 3.05) is 57.2 Å². The molecule has 0 bridgehead atoms. The first-order valence-corrected chi connectivity index (χ1v) is 9.15. The van der Waals surface area contributed by atoms with Crippen LogP contribution in [-0.2, 0) is 4.79 Å². The van der Waals surface area contributed by atoms with Gasteiger partial charge in [-0.15, -0.1) is 0 Å². The van der Waals surface area contributed by atoms with Crippen LogP contribution in [0.4, 0.5) is 11.4 Å². The average Bonchev–Trinajstić information content (AvgIpc) is 2.68. The maximum absolute atomic E-state index is 12.4. The van der Waals surface area contributed by atoms with Crippen LogP contribution >= 0.6 is 0 Å². The monoisotopic (exact) mass is 369 g/mol. The van der Waals surface area contributed by atoms with Crippen molar-refractivity contribution < 1.29 is 14.3 Å². The molecule has 0 saturated carbocycles. The number of carbonyl (C=O) groups excluding carboxylic acids is 1. The van der Waals surface area contributed by atoms with E-state index in [1.807, 2.05) is 0 Å². The second kappa shape index (κ2) is 8.77. The summed E-state index contributed by atoms with van der Waals surface area (Å²) >= 11 is 0. The number of nitrogens with zero attached hydrogens (tertiary/aromatic N) is 2. The normalized spacial score (nSPS) is 14.7. The van der Waals surface area contributed by atoms with Gasteiger partial charge in [-0.1, -0.05) is 12.1 Å². The molecule has 1 N–H and O–H groups in total. The van der Waals surface area contributed by atoms with Gasteiger partial charge >= 0.3 is 0 Å². The molecular formula is C21H27N3O3. The van der Waals surface area contributed by atoms with E-state index in [1.165, 1.54) is 11.3 Å². The Bertz CT molecular complexity index is 786. The predicted octanol–water partition coefficient (Wildman–Crippen LogP) is 2.77. The van der Waals surface area contributed by atoms with Gasteiger partial charge in [-0.3, -0.25) is 9.69 Å². The van der Waals surface area contributed by atoms with Crippen LogP contribution in [0.3, 0.4) is 0 Å². The molecule has 6 heteroatoms. The predicted molar refractivity (Wildman–Crippen MR) is 108 cm³/mol. The highest BCUT2D eigenvalue weighted by Gasteiger charge is 2.20. The first-order valence-electron chi connectivity index (χ1n) is 9.15. The molecule has 1 aliphatic heterocycles. The molecule has 144 valence electrons. The van der Waals surface area contributed by atoms with E-state index in [2.05, 4.69) is 46.3 Å². The van der Waals surface area contributed by atoms with Crippen LogP contribution in [0.2, 0.25) is 0 Å². The minimum Gasteiger partial charge on any atom is -0.497 e. The fourth-order valence-corrected chi connectivity index (χ4v) is 3.28. The number of carbonyl (C=O) groups is 1. The number of benzene rings is 2. The second-order valence-corrected chi connectivity index (χ2v) is 6.72. The Morgan fingerprint density at radius 1 is 1.04 bits per heavy atom. The third-order valence-corrected chi connectivity index (χ3v) is 4.79. The first kappa shape index (κ1) is 19.0. The highest BCUT2D eigenvalue weighted by molar-refractivity contribution is 5.93. The van der Waals surface area contributed by atoms with Crippen LogP contribution in [0, 0.1) is 6.92 Å². The summed E-state index contributed by atoms with van der Waals surface area (Å²) in [6, 6.07) is 13.9. The molecular weight excluding hydrogens is 342 g/mol. The first-order chi connectivity index (χ1) is 13.1. The second-order valence-electron chi connectivity index (χ2n) is 6.72. The third-order valence-electron chi connectivity index (χ3n) is 4.79. The van der Waals surface area contributed by atoms with E-state index >= 15 is 0 Å². The Morgan fingerprint density at radius 3 is 2.48 bits per heavy atom. The molecule has 0 spiro atoms. The lowest BCUT2D eigenvalue weighted by Crippen LogP contribution is -2.48. The zero-order valence-electron chi connectivity index (χ0n) is 16.2. The largest absolute Gasteiger partial charge is 0.497 e. The van der Waals surface area contributed by atoms with Gasteiger partial charge in [-0.05, 0) is 36.8 Å². The minimum absolute atomic E-state index is 0.0394. The maximum Gasteiger partial charge on any atom is 0.238 e. The van der Waals surface area contributed by atoms with Gasteiger partial charge < -0.3 is 19.7 Å². The number of hydrogen-bond acceptors (Lipinski definition) is 5. The van der Waals surface area contributed by atoms with Crippen molar-refractivity contribution in [1.82, 2.24) is 4.90 Å². The fraction of sp³-hybridized carbons (Fsp3) is 0.381. The zero-order valence-corrected chi connectivity index (χ0v) is 16.2. The quantitative estimate of drug-likeness (QED) is 0.849. The van der Waals surface area contributed by atoms with Crippen molar-refractivity contribution in [2.45, 2.75) is 6.92 Å². The van der Waals surface area contributed by atoms with Gasteiger partial charge in [0.25, 0.3) is 0 Å². The lowest BCUT2D eigenvalue weighted by molar-refractivity contribution is -0.117. The van der Waals surface area contributed by atoms with Gasteiger partial charge in [0.15, 0.2) is 0 Å². The van der Waals surface area contributed by atoms with E-state index in [0.29, 0.717) is 23.7 Å². The van der Waals surface area contributed by atoms with E-state index in [9.17, 15) is 4.79 Å². The molecule has 0 unspecified atom stereocenters. The van der Waals surface area contributed by atoms with E-state index in [-0.39, 0.29) is 5.91 Å². The zero-order chi connectivity index (χ0) is 19.2. The maximum atomic E-state index is 12.4. The molecule has 6 nitrogen and oxygen atoms in total. The number of amides is 1. The van der Waals surface area contributed by atoms with Crippen molar-refractivity contribution in [3.05, 3.63) is 48.0 Å². The summed E-state index contributed by atoms with van der Waals surface area (Å²) in [6.07, 6.45) is 0. The Kier molecular flexibility index (Phi) is 6.19. The third kappa shape index (κ3) is 4.92. The Hall–Kier alpha value is -2.73. The van der Waals surface area contributed by atoms with Crippen LogP contribution in [-0.4, -0.2) is 57.8 Å². The van der Waals surface area contributed by atoms with Crippen molar-refractivity contribution in [3.8, 4) is 11.5 Å². The highest BCUT2D eigenvalue weighted by atomic mass is 16.5. The Balaban J connectivity index is 1.52. The highest BCUT2D eigenvalue weighted by Crippen LogP contribution is 2.29. The molecule has 2 aromatic carbocycles. The van der Waals surface area contributed by atoms with Gasteiger partial charge in [0, 0.05) is 37.9 Å². The number of nitrogens with one attached hydrogen (secondary N) is 1. The molecule has 27 heavy (non-hydrogen) atoms. The Morgan fingerprint density at radius 2 is 1.81 bits per heavy atom. The molecule has 1 heterocycles. The van der Waals surface area contributed by atoms with Crippen LogP contribution in [0.15, 0.2) is 42.5 Å². The topological polar surface area (TPSA) is 54.0 Å². The number of methoxy groups -OCH3 is 2. The number of piperazine rings is 1. The van der Waals surface area contributed by atoms with Gasteiger partial charge in [-0.25, -0.2) is 0 Å².